The molecule has 11 rings (SSSR count). The molecule has 3 unspecified atom stereocenters. The summed E-state index contributed by atoms with van der Waals surface area (Å²) in [6.45, 7) is 14.8. The van der Waals surface area contributed by atoms with Crippen molar-refractivity contribution in [3.05, 3.63) is 11.6 Å². The van der Waals surface area contributed by atoms with E-state index < -0.39 is 191 Å². The number of hydrogen-bond donors (Lipinski definition) is 14. The fraction of sp³-hybridized carbons (Fsp3) is 0.966. The van der Waals surface area contributed by atoms with E-state index in [9.17, 15) is 71.5 Å². The number of aliphatic hydroxyl groups excluding tert-OH is 13. The lowest BCUT2D eigenvalue weighted by atomic mass is 9.35. The van der Waals surface area contributed by atoms with Crippen molar-refractivity contribution >= 4 is 0 Å². The highest BCUT2D eigenvalue weighted by atomic mass is 16.8. The fourth-order valence-electron chi connectivity index (χ4n) is 18.3. The highest BCUT2D eigenvalue weighted by molar-refractivity contribution is 5.27. The molecule has 0 aromatic rings. The van der Waals surface area contributed by atoms with E-state index in [2.05, 4.69) is 33.8 Å². The second kappa shape index (κ2) is 23.4. The molecule has 7 aliphatic heterocycles. The van der Waals surface area contributed by atoms with Crippen LogP contribution in [0, 0.1) is 45.3 Å². The summed E-state index contributed by atoms with van der Waals surface area (Å²) in [6, 6.07) is 0. The summed E-state index contributed by atoms with van der Waals surface area (Å²) in [6.07, 6.45) is -31.8. The van der Waals surface area contributed by atoms with E-state index >= 15 is 0 Å². The molecule has 84 heavy (non-hydrogen) atoms. The Bertz CT molecular complexity index is 2330. The van der Waals surface area contributed by atoms with Gasteiger partial charge in [0.15, 0.2) is 37.2 Å². The van der Waals surface area contributed by atoms with Crippen LogP contribution in [0.25, 0.3) is 0 Å². The van der Waals surface area contributed by atoms with Crippen LogP contribution < -0.4 is 0 Å². The predicted molar refractivity (Wildman–Crippen MR) is 283 cm³/mol. The average Bonchev–Trinajstić information content (AvgIpc) is 1.44. The van der Waals surface area contributed by atoms with Crippen molar-refractivity contribution in [2.75, 3.05) is 33.0 Å². The normalized spacial score (nSPS) is 57.1. The monoisotopic (exact) mass is 1210 g/mol. The Hall–Kier alpha value is -1.30. The Morgan fingerprint density at radius 1 is 0.583 bits per heavy atom. The molecule has 14 N–H and O–H groups in total. The van der Waals surface area contributed by atoms with E-state index in [1.165, 1.54) is 6.92 Å². The summed E-state index contributed by atoms with van der Waals surface area (Å²) in [4.78, 5) is 0. The van der Waals surface area contributed by atoms with E-state index in [1.54, 1.807) is 0 Å². The number of rotatable bonds is 13. The first-order chi connectivity index (χ1) is 39.4. The van der Waals surface area contributed by atoms with Crippen LogP contribution in [-0.2, 0) is 56.8 Å². The molecule has 26 nitrogen and oxygen atoms in total. The van der Waals surface area contributed by atoms with Crippen LogP contribution in [0.1, 0.15) is 107 Å². The van der Waals surface area contributed by atoms with Gasteiger partial charge in [0.2, 0.25) is 0 Å². The number of ether oxygens (including phenoxy) is 12. The lowest BCUT2D eigenvalue weighted by Crippen LogP contribution is -2.68. The zero-order valence-corrected chi connectivity index (χ0v) is 49.2. The Labute approximate surface area is 488 Å². The second-order valence-corrected chi connectivity index (χ2v) is 28.2. The molecule has 34 atom stereocenters. The van der Waals surface area contributed by atoms with Gasteiger partial charge in [-0.2, -0.15) is 0 Å². The van der Waals surface area contributed by atoms with E-state index in [0.29, 0.717) is 19.4 Å². The summed E-state index contributed by atoms with van der Waals surface area (Å²) in [5, 5.41) is 154. The third kappa shape index (κ3) is 10.5. The Kier molecular flexibility index (Phi) is 17.9. The Morgan fingerprint density at radius 3 is 1.93 bits per heavy atom. The van der Waals surface area contributed by atoms with Gasteiger partial charge >= 0.3 is 0 Å². The maximum Gasteiger partial charge on any atom is 0.187 e. The molecule has 11 fully saturated rings. The maximum absolute atomic E-state index is 12.3. The Morgan fingerprint density at radius 2 is 1.21 bits per heavy atom. The summed E-state index contributed by atoms with van der Waals surface area (Å²) < 4.78 is 75.5. The molecule has 0 aromatic carbocycles. The summed E-state index contributed by atoms with van der Waals surface area (Å²) in [7, 11) is 0. The van der Waals surface area contributed by atoms with Crippen molar-refractivity contribution in [2.24, 2.45) is 45.3 Å². The molecule has 4 aliphatic carbocycles. The summed E-state index contributed by atoms with van der Waals surface area (Å²) in [5.41, 5.74) is -0.980. The van der Waals surface area contributed by atoms with Crippen molar-refractivity contribution in [1.82, 2.24) is 0 Å². The minimum atomic E-state index is -2.04. The van der Waals surface area contributed by atoms with E-state index in [0.717, 1.165) is 44.1 Å². The van der Waals surface area contributed by atoms with Crippen molar-refractivity contribution in [1.29, 1.82) is 0 Å². The van der Waals surface area contributed by atoms with Crippen LogP contribution in [-0.4, -0.2) is 269 Å². The third-order valence-electron chi connectivity index (χ3n) is 22.5. The van der Waals surface area contributed by atoms with Gasteiger partial charge in [-0.05, 0) is 100 Å². The first kappa shape index (κ1) is 64.2. The third-order valence-corrected chi connectivity index (χ3v) is 22.5. The van der Waals surface area contributed by atoms with E-state index in [-0.39, 0.29) is 46.0 Å². The van der Waals surface area contributed by atoms with Gasteiger partial charge in [0.1, 0.15) is 104 Å². The number of hydrogen-bond acceptors (Lipinski definition) is 26. The zero-order valence-electron chi connectivity index (χ0n) is 49.2. The molecule has 2 spiro atoms. The molecule has 26 heteroatoms. The largest absolute Gasteiger partial charge is 0.394 e. The van der Waals surface area contributed by atoms with Crippen LogP contribution in [0.5, 0.6) is 0 Å². The van der Waals surface area contributed by atoms with Crippen LogP contribution >= 0.6 is 0 Å². The SMILES string of the molecule is CC(C)=C[C@H]1CC(C)(O)C2[C@H]3CC[C@@H]4[C@@]5(C)CC[C@H](O[C@@H]6OC[C@H](O)[C@H](O[C@@H]7O[C@H](CO[C@@H]8O[C@H](CO)[C@@H](O)[C@H](O)[C@H]8O)[C@@H](O)[C@H](O)[C@H]7O[C@@H]7OC[C@@H](O)[C@H](O)[C@H]7O)[C@H]6O[C@H]6O[C@H](C)[C@H](O)[C@H](O)[C@H]6O)C(C)(C)C5CC[C@@]4(C)[C@@]34CO[C@@]2(C4)O1. The lowest BCUT2D eigenvalue weighted by Gasteiger charge is -2.70. The van der Waals surface area contributed by atoms with Gasteiger partial charge in [0.05, 0.1) is 56.9 Å². The van der Waals surface area contributed by atoms with Gasteiger partial charge in [-0.3, -0.25) is 0 Å². The van der Waals surface area contributed by atoms with Gasteiger partial charge in [-0.15, -0.1) is 0 Å². The average molecular weight is 1210 g/mol. The lowest BCUT2D eigenvalue weighted by molar-refractivity contribution is -0.401. The maximum atomic E-state index is 12.3. The minimum Gasteiger partial charge on any atom is -0.394 e. The molecular weight excluding hydrogens is 1110 g/mol. The topological polar surface area (TPSA) is 394 Å². The van der Waals surface area contributed by atoms with Gasteiger partial charge in [0.25, 0.3) is 0 Å². The quantitative estimate of drug-likeness (QED) is 0.0658. The summed E-state index contributed by atoms with van der Waals surface area (Å²) >= 11 is 0. The van der Waals surface area contributed by atoms with Gasteiger partial charge in [-0.25, -0.2) is 0 Å². The highest BCUT2D eigenvalue weighted by Gasteiger charge is 2.81. The summed E-state index contributed by atoms with van der Waals surface area (Å²) in [5.74, 6) is -0.440. The van der Waals surface area contributed by atoms with Crippen LogP contribution in [0.15, 0.2) is 11.6 Å². The number of allylic oxidation sites excluding steroid dienone is 1. The molecule has 7 heterocycles. The molecule has 0 radical (unpaired) electrons. The number of fused-ring (bicyclic) bond motifs is 4. The molecule has 4 saturated carbocycles. The highest BCUT2D eigenvalue weighted by Crippen LogP contribution is 2.80. The second-order valence-electron chi connectivity index (χ2n) is 28.2. The zero-order chi connectivity index (χ0) is 60.7. The van der Waals surface area contributed by atoms with Gasteiger partial charge in [0, 0.05) is 24.2 Å². The van der Waals surface area contributed by atoms with Crippen LogP contribution in [0.3, 0.4) is 0 Å². The minimum absolute atomic E-state index is 0.110. The first-order valence-corrected chi connectivity index (χ1v) is 30.3. The fourth-order valence-corrected chi connectivity index (χ4v) is 18.3. The van der Waals surface area contributed by atoms with Gasteiger partial charge in [-0.1, -0.05) is 39.3 Å². The van der Waals surface area contributed by atoms with Crippen LogP contribution in [0.4, 0.5) is 0 Å². The molecule has 482 valence electrons. The van der Waals surface area contributed by atoms with Crippen molar-refractivity contribution in [3.8, 4) is 0 Å². The van der Waals surface area contributed by atoms with Gasteiger partial charge < -0.3 is 128 Å². The van der Waals surface area contributed by atoms with E-state index in [4.69, 9.17) is 56.8 Å². The molecular formula is C58H94O26. The first-order valence-electron chi connectivity index (χ1n) is 30.3. The molecule has 2 bridgehead atoms. The van der Waals surface area contributed by atoms with Crippen molar-refractivity contribution < 1.29 is 128 Å². The van der Waals surface area contributed by atoms with Crippen molar-refractivity contribution in [2.45, 2.75) is 272 Å². The Balaban J connectivity index is 0.870. The van der Waals surface area contributed by atoms with Crippen LogP contribution in [0.2, 0.25) is 0 Å². The predicted octanol–water partition coefficient (Wildman–Crippen LogP) is -2.72. The van der Waals surface area contributed by atoms with E-state index in [1.807, 2.05) is 20.8 Å². The smallest absolute Gasteiger partial charge is 0.187 e. The number of aliphatic hydroxyl groups is 14. The molecule has 0 amide bonds. The molecule has 0 aromatic heterocycles. The molecule has 11 aliphatic rings. The standard InChI is InChI=1S/C58H94O26/c1-23(2)15-25-16-56(8,72)47-26-9-10-32-54(6)13-12-33(53(4,5)31(54)11-14-55(32,7)57(26)21-58(47,84-25)76-22-57)80-51-46(83-50-43(71)38(66)34(62)24(3)77-50)44(28(61)19-74-51)81-52-45(82-49-41(69)35(63)27(60)18-73-49)40(68)37(65)30(79-52)20-75-48-42(70)39(67)36(64)29(17-59)78-48/h15,24-52,59-72H,9-14,16-22H2,1-8H3/t24-,25+,26-,27-,28+,29-,30-,31?,32-,33+,34+,35+,36-,37-,38+,39+,40+,41-,42-,43-,44+,45-,46-,47?,48-,49+,50-,51+,52+,54+,55-,56?,57+,58+/m1/s1. The van der Waals surface area contributed by atoms with Crippen molar-refractivity contribution in [3.63, 3.8) is 0 Å². The molecule has 7 saturated heterocycles.